The van der Waals surface area contributed by atoms with Gasteiger partial charge in [0.15, 0.2) is 9.84 Å². The summed E-state index contributed by atoms with van der Waals surface area (Å²) in [6.07, 6.45) is 4.42. The lowest BCUT2D eigenvalue weighted by Crippen LogP contribution is -2.39. The molecule has 22 heavy (non-hydrogen) atoms. The van der Waals surface area contributed by atoms with E-state index in [4.69, 9.17) is 0 Å². The summed E-state index contributed by atoms with van der Waals surface area (Å²) in [4.78, 5) is 23.7. The summed E-state index contributed by atoms with van der Waals surface area (Å²) < 4.78 is 23.1. The molecule has 0 atom stereocenters. The Bertz CT molecular complexity index is 693. The van der Waals surface area contributed by atoms with Crippen LogP contribution in [-0.4, -0.2) is 33.0 Å². The molecular formula is C15H20N2O4S. The Morgan fingerprint density at radius 3 is 2.45 bits per heavy atom. The Morgan fingerprint density at radius 1 is 1.23 bits per heavy atom. The maximum Gasteiger partial charge on any atom is 0.313 e. The number of nitrogens with one attached hydrogen (secondary N) is 2. The molecule has 0 bridgehead atoms. The highest BCUT2D eigenvalue weighted by molar-refractivity contribution is 7.90. The van der Waals surface area contributed by atoms with Crippen molar-refractivity contribution in [1.29, 1.82) is 0 Å². The molecule has 0 saturated heterocycles. The number of amides is 2. The summed E-state index contributed by atoms with van der Waals surface area (Å²) in [5.74, 6) is -1.02. The second kappa shape index (κ2) is 6.48. The zero-order chi connectivity index (χ0) is 16.3. The van der Waals surface area contributed by atoms with Crippen LogP contribution in [0.1, 0.15) is 24.8 Å². The summed E-state index contributed by atoms with van der Waals surface area (Å²) in [7, 11) is -3.37. The Morgan fingerprint density at radius 2 is 1.91 bits per heavy atom. The van der Waals surface area contributed by atoms with Crippen LogP contribution in [0, 0.1) is 12.8 Å². The average molecular weight is 324 g/mol. The minimum Gasteiger partial charge on any atom is -0.348 e. The lowest BCUT2D eigenvalue weighted by Gasteiger charge is -2.25. The molecule has 2 amide bonds. The van der Waals surface area contributed by atoms with Gasteiger partial charge in [-0.15, -0.1) is 0 Å². The lowest BCUT2D eigenvalue weighted by molar-refractivity contribution is -0.136. The molecular weight excluding hydrogens is 304 g/mol. The number of rotatable bonds is 4. The van der Waals surface area contributed by atoms with Crippen LogP contribution >= 0.6 is 0 Å². The second-order valence-corrected chi connectivity index (χ2v) is 7.73. The highest BCUT2D eigenvalue weighted by atomic mass is 32.2. The molecule has 1 aliphatic rings. The van der Waals surface area contributed by atoms with E-state index in [-0.39, 0.29) is 4.90 Å². The van der Waals surface area contributed by atoms with Crippen LogP contribution in [-0.2, 0) is 19.4 Å². The minimum atomic E-state index is -3.37. The molecule has 0 heterocycles. The zero-order valence-electron chi connectivity index (χ0n) is 12.7. The predicted octanol–water partition coefficient (Wildman–Crippen LogP) is 1.25. The standard InChI is InChI=1S/C15H20N2O4S/c1-10-6-7-12(22(2,20)21)8-13(10)17-15(19)14(18)16-9-11-4-3-5-11/h6-8,11H,3-5,9H2,1-2H3,(H,16,18)(H,17,19). The molecule has 120 valence electrons. The van der Waals surface area contributed by atoms with Crippen LogP contribution in [0.5, 0.6) is 0 Å². The van der Waals surface area contributed by atoms with Crippen molar-refractivity contribution in [1.82, 2.24) is 5.32 Å². The molecule has 1 saturated carbocycles. The van der Waals surface area contributed by atoms with Gasteiger partial charge in [-0.1, -0.05) is 12.5 Å². The van der Waals surface area contributed by atoms with Gasteiger partial charge in [0.25, 0.3) is 0 Å². The van der Waals surface area contributed by atoms with E-state index in [1.807, 2.05) is 0 Å². The van der Waals surface area contributed by atoms with Gasteiger partial charge < -0.3 is 10.6 Å². The maximum absolute atomic E-state index is 11.9. The Labute approximate surface area is 130 Å². The average Bonchev–Trinajstić information content (AvgIpc) is 2.37. The van der Waals surface area contributed by atoms with E-state index in [9.17, 15) is 18.0 Å². The number of aryl methyl sites for hydroxylation is 1. The first kappa shape index (κ1) is 16.5. The number of hydrogen-bond acceptors (Lipinski definition) is 4. The predicted molar refractivity (Wildman–Crippen MR) is 83.3 cm³/mol. The van der Waals surface area contributed by atoms with Gasteiger partial charge in [-0.05, 0) is 43.4 Å². The maximum atomic E-state index is 11.9. The van der Waals surface area contributed by atoms with Crippen molar-refractivity contribution in [3.8, 4) is 0 Å². The van der Waals surface area contributed by atoms with Crippen molar-refractivity contribution < 1.29 is 18.0 Å². The molecule has 1 fully saturated rings. The van der Waals surface area contributed by atoms with E-state index in [1.54, 1.807) is 13.0 Å². The third-order valence-corrected chi connectivity index (χ3v) is 4.98. The number of sulfone groups is 1. The summed E-state index contributed by atoms with van der Waals surface area (Å²) in [5.41, 5.74) is 1.01. The van der Waals surface area contributed by atoms with Crippen LogP contribution in [0.3, 0.4) is 0 Å². The normalized spacial score (nSPS) is 15.0. The monoisotopic (exact) mass is 324 g/mol. The van der Waals surface area contributed by atoms with Gasteiger partial charge in [-0.2, -0.15) is 0 Å². The summed E-state index contributed by atoms with van der Waals surface area (Å²) >= 11 is 0. The van der Waals surface area contributed by atoms with E-state index in [0.717, 1.165) is 19.1 Å². The minimum absolute atomic E-state index is 0.100. The molecule has 0 aliphatic heterocycles. The molecule has 0 unspecified atom stereocenters. The number of hydrogen-bond donors (Lipinski definition) is 2. The molecule has 1 aliphatic carbocycles. The fourth-order valence-corrected chi connectivity index (χ4v) is 2.81. The van der Waals surface area contributed by atoms with Crippen LogP contribution in [0.15, 0.2) is 23.1 Å². The number of anilines is 1. The Hall–Kier alpha value is -1.89. The highest BCUT2D eigenvalue weighted by Crippen LogP contribution is 2.25. The molecule has 7 heteroatoms. The fourth-order valence-electron chi connectivity index (χ4n) is 2.16. The number of carbonyl (C=O) groups excluding carboxylic acids is 2. The van der Waals surface area contributed by atoms with E-state index in [1.165, 1.54) is 18.6 Å². The molecule has 1 aromatic carbocycles. The summed E-state index contributed by atoms with van der Waals surface area (Å²) in [5, 5.41) is 5.07. The van der Waals surface area contributed by atoms with E-state index >= 15 is 0 Å². The van der Waals surface area contributed by atoms with Gasteiger partial charge in [0.2, 0.25) is 0 Å². The van der Waals surface area contributed by atoms with E-state index < -0.39 is 21.7 Å². The van der Waals surface area contributed by atoms with Crippen LogP contribution < -0.4 is 10.6 Å². The fraction of sp³-hybridized carbons (Fsp3) is 0.467. The first-order chi connectivity index (χ1) is 10.3. The lowest BCUT2D eigenvalue weighted by atomic mass is 9.85. The number of benzene rings is 1. The summed E-state index contributed by atoms with van der Waals surface area (Å²) in [6.45, 7) is 2.24. The first-order valence-corrected chi connectivity index (χ1v) is 9.06. The highest BCUT2D eigenvalue weighted by Gasteiger charge is 2.21. The third kappa shape index (κ3) is 4.07. The topological polar surface area (TPSA) is 92.3 Å². The van der Waals surface area contributed by atoms with Gasteiger partial charge in [0, 0.05) is 18.5 Å². The Balaban J connectivity index is 2.02. The molecule has 6 nitrogen and oxygen atoms in total. The van der Waals surface area contributed by atoms with Crippen molar-refractivity contribution >= 4 is 27.3 Å². The van der Waals surface area contributed by atoms with Gasteiger partial charge in [0.05, 0.1) is 4.90 Å². The third-order valence-electron chi connectivity index (χ3n) is 3.87. The molecule has 2 N–H and O–H groups in total. The second-order valence-electron chi connectivity index (χ2n) is 5.71. The molecule has 2 rings (SSSR count). The van der Waals surface area contributed by atoms with Crippen molar-refractivity contribution in [3.63, 3.8) is 0 Å². The van der Waals surface area contributed by atoms with Crippen LogP contribution in [0.4, 0.5) is 5.69 Å². The van der Waals surface area contributed by atoms with E-state index in [0.29, 0.717) is 23.7 Å². The molecule has 1 aromatic rings. The zero-order valence-corrected chi connectivity index (χ0v) is 13.5. The van der Waals surface area contributed by atoms with Crippen molar-refractivity contribution in [2.75, 3.05) is 18.1 Å². The largest absolute Gasteiger partial charge is 0.348 e. The van der Waals surface area contributed by atoms with Gasteiger partial charge in [-0.25, -0.2) is 8.42 Å². The van der Waals surface area contributed by atoms with E-state index in [2.05, 4.69) is 10.6 Å². The van der Waals surface area contributed by atoms with Gasteiger partial charge in [-0.3, -0.25) is 9.59 Å². The molecule has 0 radical (unpaired) electrons. The SMILES string of the molecule is Cc1ccc(S(C)(=O)=O)cc1NC(=O)C(=O)NCC1CCC1. The first-order valence-electron chi connectivity index (χ1n) is 7.17. The quantitative estimate of drug-likeness (QED) is 0.815. The summed E-state index contributed by atoms with van der Waals surface area (Å²) in [6, 6.07) is 4.43. The van der Waals surface area contributed by atoms with Crippen molar-refractivity contribution in [2.24, 2.45) is 5.92 Å². The smallest absolute Gasteiger partial charge is 0.313 e. The molecule has 0 spiro atoms. The van der Waals surface area contributed by atoms with Gasteiger partial charge >= 0.3 is 11.8 Å². The van der Waals surface area contributed by atoms with Crippen molar-refractivity contribution in [2.45, 2.75) is 31.1 Å². The number of carbonyl (C=O) groups is 2. The van der Waals surface area contributed by atoms with Crippen molar-refractivity contribution in [3.05, 3.63) is 23.8 Å². The Kier molecular flexibility index (Phi) is 4.85. The van der Waals surface area contributed by atoms with Gasteiger partial charge in [0.1, 0.15) is 0 Å². The molecule has 0 aromatic heterocycles. The van der Waals surface area contributed by atoms with Crippen LogP contribution in [0.2, 0.25) is 0 Å². The van der Waals surface area contributed by atoms with Crippen LogP contribution in [0.25, 0.3) is 0 Å².